The maximum Gasteiger partial charge on any atom is 0.187 e. The van der Waals surface area contributed by atoms with Gasteiger partial charge in [-0.3, -0.25) is 4.79 Å². The Morgan fingerprint density at radius 3 is 2.33 bits per heavy atom. The van der Waals surface area contributed by atoms with Gasteiger partial charge in [0, 0.05) is 23.0 Å². The summed E-state index contributed by atoms with van der Waals surface area (Å²) < 4.78 is 0. The topological polar surface area (TPSA) is 29.1 Å². The molecule has 2 nitrogen and oxygen atoms in total. The second-order valence-electron chi connectivity index (χ2n) is 5.43. The van der Waals surface area contributed by atoms with Gasteiger partial charge in [-0.05, 0) is 44.9 Å². The molecular weight excluding hydrogens is 258 g/mol. The van der Waals surface area contributed by atoms with Gasteiger partial charge < -0.3 is 5.32 Å². The standard InChI is InChI=1S/C19H21NO/c1-13-8-10-17(11-9-13)19(21)12-15(3)20-18-7-5-6-14(2)16(18)4/h5-12,20H,1-4H3/b15-12-. The summed E-state index contributed by atoms with van der Waals surface area (Å²) in [7, 11) is 0. The summed E-state index contributed by atoms with van der Waals surface area (Å²) in [4.78, 5) is 12.2. The quantitative estimate of drug-likeness (QED) is 0.642. The molecule has 0 saturated carbocycles. The number of nitrogens with one attached hydrogen (secondary N) is 1. The monoisotopic (exact) mass is 279 g/mol. The highest BCUT2D eigenvalue weighted by molar-refractivity contribution is 6.05. The number of aryl methyl sites for hydroxylation is 2. The minimum absolute atomic E-state index is 0.0188. The lowest BCUT2D eigenvalue weighted by atomic mass is 10.1. The predicted octanol–water partition coefficient (Wildman–Crippen LogP) is 4.81. The van der Waals surface area contributed by atoms with Crippen LogP contribution in [0.3, 0.4) is 0 Å². The summed E-state index contributed by atoms with van der Waals surface area (Å²) in [6, 6.07) is 13.7. The number of carbonyl (C=O) groups excluding carboxylic acids is 1. The summed E-state index contributed by atoms with van der Waals surface area (Å²) in [5, 5.41) is 3.30. The molecule has 2 rings (SSSR count). The zero-order valence-corrected chi connectivity index (χ0v) is 13.0. The molecule has 0 amide bonds. The van der Waals surface area contributed by atoms with Crippen LogP contribution in [0.4, 0.5) is 5.69 Å². The molecule has 0 radical (unpaired) electrons. The van der Waals surface area contributed by atoms with Crippen molar-refractivity contribution < 1.29 is 4.79 Å². The molecule has 0 unspecified atom stereocenters. The van der Waals surface area contributed by atoms with Gasteiger partial charge in [0.25, 0.3) is 0 Å². The van der Waals surface area contributed by atoms with Crippen LogP contribution in [-0.2, 0) is 0 Å². The number of rotatable bonds is 4. The van der Waals surface area contributed by atoms with E-state index in [0.717, 1.165) is 16.9 Å². The Morgan fingerprint density at radius 2 is 1.67 bits per heavy atom. The molecule has 0 heterocycles. The Labute approximate surface area is 126 Å². The van der Waals surface area contributed by atoms with Crippen LogP contribution in [0.2, 0.25) is 0 Å². The third-order valence-electron chi connectivity index (χ3n) is 3.62. The van der Waals surface area contributed by atoms with E-state index in [0.29, 0.717) is 5.56 Å². The van der Waals surface area contributed by atoms with E-state index < -0.39 is 0 Å². The van der Waals surface area contributed by atoms with Crippen molar-refractivity contribution in [2.75, 3.05) is 5.32 Å². The fourth-order valence-corrected chi connectivity index (χ4v) is 2.13. The Balaban J connectivity index is 2.15. The van der Waals surface area contributed by atoms with Crippen LogP contribution in [0, 0.1) is 20.8 Å². The van der Waals surface area contributed by atoms with Crippen molar-refractivity contribution in [1.29, 1.82) is 0 Å². The van der Waals surface area contributed by atoms with E-state index in [1.165, 1.54) is 11.1 Å². The molecule has 0 atom stereocenters. The van der Waals surface area contributed by atoms with E-state index in [4.69, 9.17) is 0 Å². The normalized spacial score (nSPS) is 11.3. The van der Waals surface area contributed by atoms with Crippen LogP contribution in [0.15, 0.2) is 54.2 Å². The van der Waals surface area contributed by atoms with Gasteiger partial charge in [0.15, 0.2) is 5.78 Å². The minimum Gasteiger partial charge on any atom is -0.359 e. The number of hydrogen-bond donors (Lipinski definition) is 1. The van der Waals surface area contributed by atoms with E-state index in [-0.39, 0.29) is 5.78 Å². The Hall–Kier alpha value is -2.35. The lowest BCUT2D eigenvalue weighted by Crippen LogP contribution is -2.03. The first-order chi connectivity index (χ1) is 9.97. The number of hydrogen-bond acceptors (Lipinski definition) is 2. The van der Waals surface area contributed by atoms with Crippen LogP contribution in [-0.4, -0.2) is 5.78 Å². The average Bonchev–Trinajstić information content (AvgIpc) is 2.44. The Morgan fingerprint density at radius 1 is 1.00 bits per heavy atom. The molecule has 108 valence electrons. The molecule has 2 aromatic carbocycles. The molecule has 0 aliphatic heterocycles. The second kappa shape index (κ2) is 6.40. The van der Waals surface area contributed by atoms with Gasteiger partial charge in [-0.1, -0.05) is 42.0 Å². The molecular formula is C19H21NO. The summed E-state index contributed by atoms with van der Waals surface area (Å²) in [5.41, 5.74) is 6.18. The van der Waals surface area contributed by atoms with Crippen molar-refractivity contribution in [3.05, 3.63) is 76.5 Å². The van der Waals surface area contributed by atoms with Crippen LogP contribution in [0.25, 0.3) is 0 Å². The molecule has 0 fully saturated rings. The molecule has 1 N–H and O–H groups in total. The lowest BCUT2D eigenvalue weighted by Gasteiger charge is -2.11. The zero-order chi connectivity index (χ0) is 15.4. The highest BCUT2D eigenvalue weighted by Gasteiger charge is 2.04. The predicted molar refractivity (Wildman–Crippen MR) is 88.8 cm³/mol. The fraction of sp³-hybridized carbons (Fsp3) is 0.211. The van der Waals surface area contributed by atoms with Gasteiger partial charge in [0.05, 0.1) is 0 Å². The van der Waals surface area contributed by atoms with Gasteiger partial charge in [0.1, 0.15) is 0 Å². The van der Waals surface area contributed by atoms with Crippen molar-refractivity contribution in [2.45, 2.75) is 27.7 Å². The van der Waals surface area contributed by atoms with E-state index >= 15 is 0 Å². The SMILES string of the molecule is C/C(=C/C(=O)c1ccc(C)cc1)Nc1cccc(C)c1C. The van der Waals surface area contributed by atoms with Crippen LogP contribution >= 0.6 is 0 Å². The van der Waals surface area contributed by atoms with Gasteiger partial charge in [-0.25, -0.2) is 0 Å². The fourth-order valence-electron chi connectivity index (χ4n) is 2.13. The third kappa shape index (κ3) is 3.82. The Bertz CT molecular complexity index is 681. The van der Waals surface area contributed by atoms with Crippen LogP contribution < -0.4 is 5.32 Å². The summed E-state index contributed by atoms with van der Waals surface area (Å²) in [5.74, 6) is 0.0188. The minimum atomic E-state index is 0.0188. The van der Waals surface area contributed by atoms with Crippen molar-refractivity contribution in [3.8, 4) is 0 Å². The maximum atomic E-state index is 12.2. The van der Waals surface area contributed by atoms with E-state index in [2.05, 4.69) is 25.2 Å². The summed E-state index contributed by atoms with van der Waals surface area (Å²) >= 11 is 0. The van der Waals surface area contributed by atoms with Gasteiger partial charge in [-0.15, -0.1) is 0 Å². The first kappa shape index (κ1) is 15.0. The highest BCUT2D eigenvalue weighted by Crippen LogP contribution is 2.19. The molecule has 0 bridgehead atoms. The first-order valence-electron chi connectivity index (χ1n) is 7.10. The number of benzene rings is 2. The summed E-state index contributed by atoms with van der Waals surface area (Å²) in [6.45, 7) is 8.08. The van der Waals surface area contributed by atoms with Gasteiger partial charge >= 0.3 is 0 Å². The number of ketones is 1. The van der Waals surface area contributed by atoms with E-state index in [1.54, 1.807) is 6.08 Å². The first-order valence-corrected chi connectivity index (χ1v) is 7.10. The molecule has 0 spiro atoms. The maximum absolute atomic E-state index is 12.2. The number of anilines is 1. The van der Waals surface area contributed by atoms with Crippen molar-refractivity contribution >= 4 is 11.5 Å². The molecule has 0 saturated heterocycles. The van der Waals surface area contributed by atoms with E-state index in [9.17, 15) is 4.79 Å². The molecule has 0 aliphatic carbocycles. The highest BCUT2D eigenvalue weighted by atomic mass is 16.1. The lowest BCUT2D eigenvalue weighted by molar-refractivity contribution is 0.104. The molecule has 2 aromatic rings. The van der Waals surface area contributed by atoms with Crippen LogP contribution in [0.5, 0.6) is 0 Å². The number of carbonyl (C=O) groups is 1. The summed E-state index contributed by atoms with van der Waals surface area (Å²) in [6.07, 6.45) is 1.65. The molecule has 0 aromatic heterocycles. The van der Waals surface area contributed by atoms with Crippen molar-refractivity contribution in [3.63, 3.8) is 0 Å². The molecule has 21 heavy (non-hydrogen) atoms. The van der Waals surface area contributed by atoms with Crippen LogP contribution in [0.1, 0.15) is 34.0 Å². The Kier molecular flexibility index (Phi) is 4.59. The van der Waals surface area contributed by atoms with Crippen molar-refractivity contribution in [2.24, 2.45) is 0 Å². The second-order valence-corrected chi connectivity index (χ2v) is 5.43. The molecule has 2 heteroatoms. The third-order valence-corrected chi connectivity index (χ3v) is 3.62. The molecule has 0 aliphatic rings. The zero-order valence-electron chi connectivity index (χ0n) is 13.0. The average molecular weight is 279 g/mol. The van der Waals surface area contributed by atoms with Gasteiger partial charge in [-0.2, -0.15) is 0 Å². The van der Waals surface area contributed by atoms with Crippen molar-refractivity contribution in [1.82, 2.24) is 0 Å². The van der Waals surface area contributed by atoms with E-state index in [1.807, 2.05) is 50.2 Å². The largest absolute Gasteiger partial charge is 0.359 e. The number of allylic oxidation sites excluding steroid dienone is 2. The smallest absolute Gasteiger partial charge is 0.187 e. The van der Waals surface area contributed by atoms with Gasteiger partial charge in [0.2, 0.25) is 0 Å².